The third-order valence-corrected chi connectivity index (χ3v) is 4.36. The Morgan fingerprint density at radius 3 is 2.80 bits per heavy atom. The Balaban J connectivity index is 1.85. The molecule has 0 bridgehead atoms. The van der Waals surface area contributed by atoms with Crippen LogP contribution in [0.15, 0.2) is 18.2 Å². The molecule has 0 radical (unpaired) electrons. The van der Waals surface area contributed by atoms with Gasteiger partial charge in [0.05, 0.1) is 5.69 Å². The van der Waals surface area contributed by atoms with Crippen molar-refractivity contribution in [2.75, 3.05) is 17.6 Å². The Labute approximate surface area is 150 Å². The second-order valence-electron chi connectivity index (χ2n) is 5.62. The topological polar surface area (TPSA) is 105 Å². The van der Waals surface area contributed by atoms with Crippen molar-refractivity contribution in [2.24, 2.45) is 0 Å². The molecule has 0 spiro atoms. The lowest BCUT2D eigenvalue weighted by Gasteiger charge is -2.10. The fraction of sp³-hybridized carbons (Fsp3) is 0.294. The first-order chi connectivity index (χ1) is 12.0. The summed E-state index contributed by atoms with van der Waals surface area (Å²) in [5.41, 5.74) is 9.40. The van der Waals surface area contributed by atoms with Crippen LogP contribution in [-0.4, -0.2) is 26.1 Å². The molecule has 3 aromatic heterocycles. The minimum Gasteiger partial charge on any atom is -0.382 e. The minimum absolute atomic E-state index is 0.219. The van der Waals surface area contributed by atoms with Crippen LogP contribution in [0.4, 0.5) is 11.6 Å². The standard InChI is InChI=1S/C17H18ClN7/c1-3-11-5-4-6-12(22-11)7-8-21-16-13(9-19)15(20)25-17(23-16)14(18)10(2)24-25/h4-6H,3,7-8,20H2,1-2H3,(H,21,23). The number of hydrogen-bond acceptors (Lipinski definition) is 6. The van der Waals surface area contributed by atoms with Gasteiger partial charge in [-0.1, -0.05) is 24.6 Å². The van der Waals surface area contributed by atoms with E-state index in [0.29, 0.717) is 35.1 Å². The van der Waals surface area contributed by atoms with Crippen molar-refractivity contribution in [1.82, 2.24) is 19.6 Å². The van der Waals surface area contributed by atoms with Crippen molar-refractivity contribution in [1.29, 1.82) is 5.26 Å². The van der Waals surface area contributed by atoms with Crippen molar-refractivity contribution in [2.45, 2.75) is 26.7 Å². The summed E-state index contributed by atoms with van der Waals surface area (Å²) >= 11 is 6.22. The van der Waals surface area contributed by atoms with Crippen molar-refractivity contribution in [3.63, 3.8) is 0 Å². The van der Waals surface area contributed by atoms with E-state index in [-0.39, 0.29) is 11.4 Å². The fourth-order valence-corrected chi connectivity index (χ4v) is 2.72. The van der Waals surface area contributed by atoms with E-state index in [1.54, 1.807) is 6.92 Å². The van der Waals surface area contributed by atoms with Crippen molar-refractivity contribution >= 4 is 28.9 Å². The summed E-state index contributed by atoms with van der Waals surface area (Å²) < 4.78 is 1.40. The molecule has 3 aromatic rings. The zero-order valence-electron chi connectivity index (χ0n) is 14.0. The van der Waals surface area contributed by atoms with Crippen molar-refractivity contribution in [3.05, 3.63) is 45.9 Å². The van der Waals surface area contributed by atoms with Gasteiger partial charge in [-0.25, -0.2) is 4.98 Å². The average Bonchev–Trinajstić information content (AvgIpc) is 2.91. The molecule has 0 unspecified atom stereocenters. The molecule has 0 fully saturated rings. The third-order valence-electron chi connectivity index (χ3n) is 3.92. The van der Waals surface area contributed by atoms with E-state index in [0.717, 1.165) is 17.8 Å². The molecular formula is C17H18ClN7. The molecule has 7 nitrogen and oxygen atoms in total. The molecule has 25 heavy (non-hydrogen) atoms. The molecule has 0 aliphatic rings. The van der Waals surface area contributed by atoms with Crippen LogP contribution in [0, 0.1) is 18.3 Å². The second kappa shape index (κ2) is 6.95. The lowest BCUT2D eigenvalue weighted by Crippen LogP contribution is -2.13. The number of nitriles is 1. The maximum atomic E-state index is 9.42. The smallest absolute Gasteiger partial charge is 0.178 e. The highest BCUT2D eigenvalue weighted by Gasteiger charge is 2.17. The monoisotopic (exact) mass is 355 g/mol. The number of aromatic nitrogens is 4. The van der Waals surface area contributed by atoms with Gasteiger partial charge in [0, 0.05) is 24.4 Å². The van der Waals surface area contributed by atoms with E-state index in [1.807, 2.05) is 18.2 Å². The zero-order chi connectivity index (χ0) is 18.0. The number of anilines is 2. The highest BCUT2D eigenvalue weighted by atomic mass is 35.5. The number of nitrogens with zero attached hydrogens (tertiary/aromatic N) is 5. The number of halogens is 1. The van der Waals surface area contributed by atoms with Crippen LogP contribution in [0.3, 0.4) is 0 Å². The Morgan fingerprint density at radius 2 is 2.08 bits per heavy atom. The number of nitrogens with two attached hydrogens (primary N) is 1. The molecule has 3 rings (SSSR count). The summed E-state index contributed by atoms with van der Waals surface area (Å²) in [6, 6.07) is 8.07. The van der Waals surface area contributed by atoms with Gasteiger partial charge in [0.2, 0.25) is 0 Å². The summed E-state index contributed by atoms with van der Waals surface area (Å²) in [7, 11) is 0. The van der Waals surface area contributed by atoms with Crippen LogP contribution in [0.25, 0.3) is 5.65 Å². The predicted octanol–water partition coefficient (Wildman–Crippen LogP) is 2.76. The molecule has 8 heteroatoms. The molecule has 0 saturated carbocycles. The zero-order valence-corrected chi connectivity index (χ0v) is 14.8. The molecular weight excluding hydrogens is 338 g/mol. The summed E-state index contributed by atoms with van der Waals surface area (Å²) in [5.74, 6) is 0.622. The number of fused-ring (bicyclic) bond motifs is 1. The summed E-state index contributed by atoms with van der Waals surface area (Å²) in [6.45, 7) is 4.41. The SMILES string of the molecule is CCc1cccc(CCNc2nc3c(Cl)c(C)nn3c(N)c2C#N)n1. The first kappa shape index (κ1) is 17.0. The quantitative estimate of drug-likeness (QED) is 0.729. The van der Waals surface area contributed by atoms with Gasteiger partial charge >= 0.3 is 0 Å². The van der Waals surface area contributed by atoms with E-state index in [4.69, 9.17) is 17.3 Å². The average molecular weight is 356 g/mol. The molecule has 0 atom stereocenters. The van der Waals surface area contributed by atoms with Gasteiger partial charge in [0.1, 0.15) is 28.3 Å². The van der Waals surface area contributed by atoms with Crippen LogP contribution in [-0.2, 0) is 12.8 Å². The van der Waals surface area contributed by atoms with Gasteiger partial charge in [0.15, 0.2) is 5.65 Å². The predicted molar refractivity (Wildman–Crippen MR) is 97.7 cm³/mol. The van der Waals surface area contributed by atoms with Gasteiger partial charge in [0.25, 0.3) is 0 Å². The molecule has 3 N–H and O–H groups in total. The van der Waals surface area contributed by atoms with Crippen molar-refractivity contribution in [3.8, 4) is 6.07 Å². The Bertz CT molecular complexity index is 971. The lowest BCUT2D eigenvalue weighted by atomic mass is 10.2. The molecule has 0 aliphatic carbocycles. The first-order valence-corrected chi connectivity index (χ1v) is 8.36. The maximum Gasteiger partial charge on any atom is 0.178 e. The first-order valence-electron chi connectivity index (χ1n) is 7.98. The largest absolute Gasteiger partial charge is 0.382 e. The van der Waals surface area contributed by atoms with Gasteiger partial charge < -0.3 is 11.1 Å². The summed E-state index contributed by atoms with van der Waals surface area (Å²) in [6.07, 6.45) is 1.60. The minimum atomic E-state index is 0.219. The number of hydrogen-bond donors (Lipinski definition) is 2. The highest BCUT2D eigenvalue weighted by molar-refractivity contribution is 6.34. The van der Waals surface area contributed by atoms with E-state index in [2.05, 4.69) is 33.4 Å². The Morgan fingerprint density at radius 1 is 1.32 bits per heavy atom. The second-order valence-corrected chi connectivity index (χ2v) is 6.00. The third kappa shape index (κ3) is 3.21. The van der Waals surface area contributed by atoms with Crippen LogP contribution in [0.1, 0.15) is 29.6 Å². The van der Waals surface area contributed by atoms with Gasteiger partial charge in [-0.3, -0.25) is 4.98 Å². The van der Waals surface area contributed by atoms with Gasteiger partial charge in [-0.15, -0.1) is 0 Å². The van der Waals surface area contributed by atoms with Gasteiger partial charge in [-0.2, -0.15) is 14.9 Å². The van der Waals surface area contributed by atoms with E-state index < -0.39 is 0 Å². The van der Waals surface area contributed by atoms with Crippen LogP contribution in [0.2, 0.25) is 5.02 Å². The number of pyridine rings is 1. The van der Waals surface area contributed by atoms with E-state index in [1.165, 1.54) is 4.52 Å². The summed E-state index contributed by atoms with van der Waals surface area (Å²) in [4.78, 5) is 8.99. The Hall–Kier alpha value is -2.85. The molecule has 0 saturated heterocycles. The number of aryl methyl sites for hydroxylation is 2. The van der Waals surface area contributed by atoms with Crippen LogP contribution in [0.5, 0.6) is 0 Å². The molecule has 128 valence electrons. The van der Waals surface area contributed by atoms with Crippen LogP contribution >= 0.6 is 11.6 Å². The Kier molecular flexibility index (Phi) is 4.72. The lowest BCUT2D eigenvalue weighted by molar-refractivity contribution is 0.903. The molecule has 3 heterocycles. The number of nitrogens with one attached hydrogen (secondary N) is 1. The van der Waals surface area contributed by atoms with Gasteiger partial charge in [-0.05, 0) is 25.5 Å². The highest BCUT2D eigenvalue weighted by Crippen LogP contribution is 2.27. The normalized spacial score (nSPS) is 10.8. The van der Waals surface area contributed by atoms with Crippen LogP contribution < -0.4 is 11.1 Å². The number of rotatable bonds is 5. The molecule has 0 aromatic carbocycles. The molecule has 0 amide bonds. The molecule has 0 aliphatic heterocycles. The number of nitrogen functional groups attached to an aromatic ring is 1. The van der Waals surface area contributed by atoms with Crippen molar-refractivity contribution < 1.29 is 0 Å². The van der Waals surface area contributed by atoms with E-state index >= 15 is 0 Å². The summed E-state index contributed by atoms with van der Waals surface area (Å²) in [5, 5.41) is 17.2. The van der Waals surface area contributed by atoms with E-state index in [9.17, 15) is 5.26 Å². The fourth-order valence-electron chi connectivity index (χ4n) is 2.56. The maximum absolute atomic E-state index is 9.42.